The van der Waals surface area contributed by atoms with Gasteiger partial charge in [-0.15, -0.1) is 0 Å². The Kier molecular flexibility index (Phi) is 2.37. The molecule has 0 radical (unpaired) electrons. The second-order valence-corrected chi connectivity index (χ2v) is 4.28. The van der Waals surface area contributed by atoms with Crippen LogP contribution in [0, 0.1) is 5.92 Å². The highest BCUT2D eigenvalue weighted by molar-refractivity contribution is 4.91. The highest BCUT2D eigenvalue weighted by atomic mass is 15.2. The molecule has 2 saturated heterocycles. The summed E-state index contributed by atoms with van der Waals surface area (Å²) in [7, 11) is 2.28. The van der Waals surface area contributed by atoms with Gasteiger partial charge in [-0.25, -0.2) is 0 Å². The van der Waals surface area contributed by atoms with E-state index >= 15 is 0 Å². The van der Waals surface area contributed by atoms with Crippen molar-refractivity contribution in [2.75, 3.05) is 33.2 Å². The van der Waals surface area contributed by atoms with Crippen molar-refractivity contribution >= 4 is 0 Å². The minimum absolute atomic E-state index is 0.874. The monoisotopic (exact) mass is 168 g/mol. The average molecular weight is 168 g/mol. The van der Waals surface area contributed by atoms with Crippen LogP contribution in [0.15, 0.2) is 0 Å². The number of hydrogen-bond acceptors (Lipinski definition) is 2. The first-order valence-electron chi connectivity index (χ1n) is 5.24. The molecule has 0 aliphatic carbocycles. The van der Waals surface area contributed by atoms with Crippen LogP contribution in [-0.4, -0.2) is 49.1 Å². The minimum Gasteiger partial charge on any atom is -0.302 e. The van der Waals surface area contributed by atoms with Gasteiger partial charge in [-0.2, -0.15) is 0 Å². The summed E-state index contributed by atoms with van der Waals surface area (Å²) in [4.78, 5) is 5.13. The van der Waals surface area contributed by atoms with E-state index in [1.54, 1.807) is 0 Å². The Balaban J connectivity index is 1.97. The lowest BCUT2D eigenvalue weighted by Gasteiger charge is -2.36. The van der Waals surface area contributed by atoms with Crippen LogP contribution >= 0.6 is 0 Å². The first-order valence-corrected chi connectivity index (χ1v) is 5.24. The zero-order valence-electron chi connectivity index (χ0n) is 8.29. The van der Waals surface area contributed by atoms with Gasteiger partial charge in [0.2, 0.25) is 0 Å². The molecule has 2 atom stereocenters. The minimum atomic E-state index is 0.874. The molecule has 2 nitrogen and oxygen atoms in total. The van der Waals surface area contributed by atoms with E-state index in [1.165, 1.54) is 39.0 Å². The third kappa shape index (κ3) is 1.38. The SMILES string of the molecule is CCN1CCC2CCN(C)C2C1. The molecule has 70 valence electrons. The van der Waals surface area contributed by atoms with Gasteiger partial charge in [0.05, 0.1) is 0 Å². The van der Waals surface area contributed by atoms with Crippen molar-refractivity contribution < 1.29 is 0 Å². The number of nitrogens with zero attached hydrogens (tertiary/aromatic N) is 2. The van der Waals surface area contributed by atoms with Gasteiger partial charge >= 0.3 is 0 Å². The molecular weight excluding hydrogens is 148 g/mol. The first kappa shape index (κ1) is 8.52. The van der Waals surface area contributed by atoms with E-state index in [0.29, 0.717) is 0 Å². The maximum atomic E-state index is 2.59. The highest BCUT2D eigenvalue weighted by Crippen LogP contribution is 2.29. The Labute approximate surface area is 75.5 Å². The van der Waals surface area contributed by atoms with Gasteiger partial charge in [-0.3, -0.25) is 0 Å². The number of rotatable bonds is 1. The van der Waals surface area contributed by atoms with Crippen LogP contribution in [0.2, 0.25) is 0 Å². The van der Waals surface area contributed by atoms with Gasteiger partial charge in [0, 0.05) is 12.6 Å². The lowest BCUT2D eigenvalue weighted by molar-refractivity contribution is 0.123. The van der Waals surface area contributed by atoms with Gasteiger partial charge in [-0.1, -0.05) is 6.92 Å². The molecule has 2 heterocycles. The van der Waals surface area contributed by atoms with Gasteiger partial charge in [0.15, 0.2) is 0 Å². The summed E-state index contributed by atoms with van der Waals surface area (Å²) in [6, 6.07) is 0.874. The topological polar surface area (TPSA) is 6.48 Å². The fraction of sp³-hybridized carbons (Fsp3) is 1.00. The normalized spacial score (nSPS) is 38.5. The summed E-state index contributed by atoms with van der Waals surface area (Å²) in [5.41, 5.74) is 0. The number of likely N-dealkylation sites (N-methyl/N-ethyl adjacent to an activating group) is 2. The second-order valence-electron chi connectivity index (χ2n) is 4.28. The fourth-order valence-corrected chi connectivity index (χ4v) is 2.70. The Morgan fingerprint density at radius 1 is 1.25 bits per heavy atom. The van der Waals surface area contributed by atoms with E-state index in [-0.39, 0.29) is 0 Å². The third-order valence-electron chi connectivity index (χ3n) is 3.67. The third-order valence-corrected chi connectivity index (χ3v) is 3.67. The van der Waals surface area contributed by atoms with Crippen LogP contribution in [0.5, 0.6) is 0 Å². The largest absolute Gasteiger partial charge is 0.302 e. The Morgan fingerprint density at radius 3 is 2.75 bits per heavy atom. The van der Waals surface area contributed by atoms with Crippen molar-refractivity contribution in [1.29, 1.82) is 0 Å². The summed E-state index contributed by atoms with van der Waals surface area (Å²) >= 11 is 0. The molecule has 0 aromatic heterocycles. The molecule has 0 aromatic rings. The van der Waals surface area contributed by atoms with Crippen molar-refractivity contribution in [3.05, 3.63) is 0 Å². The predicted molar refractivity (Wildman–Crippen MR) is 51.3 cm³/mol. The summed E-state index contributed by atoms with van der Waals surface area (Å²) in [6.45, 7) is 7.49. The van der Waals surface area contributed by atoms with Gasteiger partial charge < -0.3 is 9.80 Å². The molecule has 0 bridgehead atoms. The second kappa shape index (κ2) is 3.35. The van der Waals surface area contributed by atoms with Gasteiger partial charge in [0.1, 0.15) is 0 Å². The summed E-state index contributed by atoms with van der Waals surface area (Å²) in [5.74, 6) is 1.01. The van der Waals surface area contributed by atoms with E-state index in [9.17, 15) is 0 Å². The zero-order valence-corrected chi connectivity index (χ0v) is 8.29. The molecule has 0 saturated carbocycles. The van der Waals surface area contributed by atoms with Gasteiger partial charge in [0.25, 0.3) is 0 Å². The molecule has 12 heavy (non-hydrogen) atoms. The van der Waals surface area contributed by atoms with E-state index < -0.39 is 0 Å². The van der Waals surface area contributed by atoms with Crippen molar-refractivity contribution in [2.24, 2.45) is 5.92 Å². The summed E-state index contributed by atoms with van der Waals surface area (Å²) in [6.07, 6.45) is 2.88. The number of hydrogen-bond donors (Lipinski definition) is 0. The Morgan fingerprint density at radius 2 is 2.00 bits per heavy atom. The molecule has 2 rings (SSSR count). The van der Waals surface area contributed by atoms with Crippen LogP contribution in [0.25, 0.3) is 0 Å². The maximum absolute atomic E-state index is 2.59. The van der Waals surface area contributed by atoms with Crippen LogP contribution in [0.3, 0.4) is 0 Å². The molecule has 2 aliphatic rings. The van der Waals surface area contributed by atoms with Crippen LogP contribution < -0.4 is 0 Å². The van der Waals surface area contributed by atoms with E-state index in [2.05, 4.69) is 23.8 Å². The molecule has 0 N–H and O–H groups in total. The van der Waals surface area contributed by atoms with Crippen molar-refractivity contribution in [3.8, 4) is 0 Å². The van der Waals surface area contributed by atoms with Crippen molar-refractivity contribution in [2.45, 2.75) is 25.8 Å². The lowest BCUT2D eigenvalue weighted by atomic mass is 9.92. The zero-order chi connectivity index (χ0) is 8.55. The quantitative estimate of drug-likeness (QED) is 0.577. The Hall–Kier alpha value is -0.0800. The maximum Gasteiger partial charge on any atom is 0.0249 e. The Bertz CT molecular complexity index is 158. The van der Waals surface area contributed by atoms with Gasteiger partial charge in [-0.05, 0) is 45.4 Å². The molecule has 2 unspecified atom stereocenters. The number of fused-ring (bicyclic) bond motifs is 1. The standard InChI is InChI=1S/C10H20N2/c1-3-12-7-5-9-4-6-11(2)10(9)8-12/h9-10H,3-8H2,1-2H3. The van der Waals surface area contributed by atoms with Crippen molar-refractivity contribution in [3.63, 3.8) is 0 Å². The summed E-state index contributed by atoms with van der Waals surface area (Å²) < 4.78 is 0. The molecule has 2 heteroatoms. The van der Waals surface area contributed by atoms with E-state index in [1.807, 2.05) is 0 Å². The molecule has 0 aromatic carbocycles. The van der Waals surface area contributed by atoms with Crippen LogP contribution in [0.1, 0.15) is 19.8 Å². The van der Waals surface area contributed by atoms with Crippen molar-refractivity contribution in [1.82, 2.24) is 9.80 Å². The first-order chi connectivity index (χ1) is 5.81. The highest BCUT2D eigenvalue weighted by Gasteiger charge is 2.35. The molecular formula is C10H20N2. The lowest BCUT2D eigenvalue weighted by Crippen LogP contribution is -2.46. The summed E-state index contributed by atoms with van der Waals surface area (Å²) in [5, 5.41) is 0. The molecule has 0 amide bonds. The molecule has 0 spiro atoms. The fourth-order valence-electron chi connectivity index (χ4n) is 2.70. The average Bonchev–Trinajstić information content (AvgIpc) is 2.47. The predicted octanol–water partition coefficient (Wildman–Crippen LogP) is 1.03. The molecule has 2 aliphatic heterocycles. The molecule has 2 fully saturated rings. The van der Waals surface area contributed by atoms with Crippen LogP contribution in [-0.2, 0) is 0 Å². The number of likely N-dealkylation sites (tertiary alicyclic amines) is 2. The van der Waals surface area contributed by atoms with E-state index in [0.717, 1.165) is 12.0 Å². The van der Waals surface area contributed by atoms with E-state index in [4.69, 9.17) is 0 Å². The smallest absolute Gasteiger partial charge is 0.0249 e. The van der Waals surface area contributed by atoms with Crippen LogP contribution in [0.4, 0.5) is 0 Å². The number of piperidine rings is 1.